The van der Waals surface area contributed by atoms with Crippen LogP contribution >= 0.6 is 11.3 Å². The third-order valence-corrected chi connectivity index (χ3v) is 4.82. The highest BCUT2D eigenvalue weighted by atomic mass is 32.2. The molecule has 1 heterocycles. The molecule has 7 heteroatoms. The summed E-state index contributed by atoms with van der Waals surface area (Å²) in [6.45, 7) is 1.84. The second-order valence-corrected chi connectivity index (χ2v) is 6.21. The molecule has 0 aliphatic carbocycles. The smallest absolute Gasteiger partial charge is 0.338 e. The number of aromatic nitrogens is 1. The lowest BCUT2D eigenvalue weighted by Crippen LogP contribution is -2.03. The van der Waals surface area contributed by atoms with Crippen LogP contribution in [0.3, 0.4) is 0 Å². The number of aromatic carboxylic acids is 1. The fourth-order valence-electron chi connectivity index (χ4n) is 1.47. The maximum atomic E-state index is 13.2. The summed E-state index contributed by atoms with van der Waals surface area (Å²) in [7, 11) is -1.44. The van der Waals surface area contributed by atoms with Crippen LogP contribution in [0.5, 0.6) is 0 Å². The third-order valence-electron chi connectivity index (χ3n) is 2.35. The number of carboxylic acids is 1. The number of thiazole rings is 1. The van der Waals surface area contributed by atoms with E-state index in [1.165, 1.54) is 17.4 Å². The van der Waals surface area contributed by atoms with Crippen molar-refractivity contribution in [1.29, 1.82) is 0 Å². The maximum Gasteiger partial charge on any atom is 0.338 e. The van der Waals surface area contributed by atoms with Gasteiger partial charge in [-0.05, 0) is 25.1 Å². The molecule has 0 radical (unpaired) electrons. The standard InChI is InChI=1S/C12H10FNO3S2/c1-7-5-18-11(14-7)6-19(17)8-2-3-10(13)9(4-8)12(15)16/h2-5H,6H2,1H3,(H,15,16). The monoisotopic (exact) mass is 299 g/mol. The zero-order valence-electron chi connectivity index (χ0n) is 9.92. The van der Waals surface area contributed by atoms with Gasteiger partial charge >= 0.3 is 5.97 Å². The van der Waals surface area contributed by atoms with Gasteiger partial charge in [-0.1, -0.05) is 0 Å². The van der Waals surface area contributed by atoms with E-state index in [-0.39, 0.29) is 10.6 Å². The van der Waals surface area contributed by atoms with Crippen LogP contribution in [0.1, 0.15) is 21.1 Å². The lowest BCUT2D eigenvalue weighted by molar-refractivity contribution is 0.0691. The molecule has 4 nitrogen and oxygen atoms in total. The first-order valence-corrected chi connectivity index (χ1v) is 7.49. The van der Waals surface area contributed by atoms with Crippen LogP contribution < -0.4 is 0 Å². The molecule has 0 aliphatic heterocycles. The maximum absolute atomic E-state index is 13.2. The van der Waals surface area contributed by atoms with Gasteiger partial charge in [0.05, 0.1) is 22.1 Å². The Hall–Kier alpha value is -1.60. The molecule has 0 aliphatic rings. The first-order valence-electron chi connectivity index (χ1n) is 5.29. The summed E-state index contributed by atoms with van der Waals surface area (Å²) < 4.78 is 25.3. The van der Waals surface area contributed by atoms with Gasteiger partial charge in [0.2, 0.25) is 0 Å². The molecule has 0 fully saturated rings. The number of halogens is 1. The van der Waals surface area contributed by atoms with Crippen molar-refractivity contribution >= 4 is 28.1 Å². The van der Waals surface area contributed by atoms with Gasteiger partial charge in [0.1, 0.15) is 10.8 Å². The van der Waals surface area contributed by atoms with Crippen molar-refractivity contribution in [3.8, 4) is 0 Å². The summed E-state index contributed by atoms with van der Waals surface area (Å²) in [4.78, 5) is 15.3. The molecule has 1 unspecified atom stereocenters. The quantitative estimate of drug-likeness (QED) is 0.942. The van der Waals surface area contributed by atoms with E-state index < -0.39 is 28.1 Å². The van der Waals surface area contributed by atoms with Gasteiger partial charge in [0.25, 0.3) is 0 Å². The van der Waals surface area contributed by atoms with Crippen LogP contribution in [0.15, 0.2) is 28.5 Å². The molecule has 2 rings (SSSR count). The van der Waals surface area contributed by atoms with Crippen molar-refractivity contribution in [2.24, 2.45) is 0 Å². The summed E-state index contributed by atoms with van der Waals surface area (Å²) in [6.07, 6.45) is 0. The summed E-state index contributed by atoms with van der Waals surface area (Å²) >= 11 is 1.39. The Kier molecular flexibility index (Phi) is 4.06. The molecule has 1 N–H and O–H groups in total. The molecular weight excluding hydrogens is 289 g/mol. The molecule has 1 atom stereocenters. The van der Waals surface area contributed by atoms with Crippen molar-refractivity contribution in [3.05, 3.63) is 45.7 Å². The summed E-state index contributed by atoms with van der Waals surface area (Å²) in [6, 6.07) is 3.45. The Morgan fingerprint density at radius 1 is 1.53 bits per heavy atom. The highest BCUT2D eigenvalue weighted by Gasteiger charge is 2.14. The number of hydrogen-bond donors (Lipinski definition) is 1. The molecule has 0 bridgehead atoms. The molecule has 0 saturated carbocycles. The van der Waals surface area contributed by atoms with E-state index in [0.717, 1.165) is 17.8 Å². The molecule has 0 amide bonds. The van der Waals surface area contributed by atoms with E-state index >= 15 is 0 Å². The van der Waals surface area contributed by atoms with E-state index in [1.54, 1.807) is 0 Å². The minimum absolute atomic E-state index is 0.198. The van der Waals surface area contributed by atoms with Gasteiger partial charge in [-0.25, -0.2) is 14.2 Å². The summed E-state index contributed by atoms with van der Waals surface area (Å²) in [5.74, 6) is -2.01. The molecule has 0 spiro atoms. The first-order chi connectivity index (χ1) is 8.97. The van der Waals surface area contributed by atoms with E-state index in [4.69, 9.17) is 5.11 Å². The van der Waals surface area contributed by atoms with E-state index in [9.17, 15) is 13.4 Å². The van der Waals surface area contributed by atoms with E-state index in [1.807, 2.05) is 12.3 Å². The SMILES string of the molecule is Cc1csc(CS(=O)c2ccc(F)c(C(=O)O)c2)n1. The second-order valence-electron chi connectivity index (χ2n) is 3.82. The Morgan fingerprint density at radius 2 is 2.26 bits per heavy atom. The normalized spacial score (nSPS) is 12.3. The summed E-state index contributed by atoms with van der Waals surface area (Å²) in [5, 5.41) is 11.4. The number of carboxylic acid groups (broad SMARTS) is 1. The number of benzene rings is 1. The molecular formula is C12H10FNO3S2. The van der Waals surface area contributed by atoms with Crippen LogP contribution in [-0.4, -0.2) is 20.3 Å². The van der Waals surface area contributed by atoms with E-state index in [0.29, 0.717) is 5.01 Å². The number of rotatable bonds is 4. The number of aryl methyl sites for hydroxylation is 1. The average molecular weight is 299 g/mol. The van der Waals surface area contributed by atoms with Crippen molar-refractivity contribution in [2.75, 3.05) is 0 Å². The van der Waals surface area contributed by atoms with E-state index in [2.05, 4.69) is 4.98 Å². The van der Waals surface area contributed by atoms with Crippen LogP contribution in [0.25, 0.3) is 0 Å². The van der Waals surface area contributed by atoms with Crippen LogP contribution in [-0.2, 0) is 16.6 Å². The van der Waals surface area contributed by atoms with Crippen LogP contribution in [0, 0.1) is 12.7 Å². The van der Waals surface area contributed by atoms with Gasteiger partial charge in [0.15, 0.2) is 0 Å². The Balaban J connectivity index is 2.24. The van der Waals surface area contributed by atoms with Crippen molar-refractivity contribution in [1.82, 2.24) is 4.98 Å². The minimum Gasteiger partial charge on any atom is -0.478 e. The Labute approximate surface area is 115 Å². The fourth-order valence-corrected chi connectivity index (χ4v) is 3.55. The molecule has 0 saturated heterocycles. The number of carbonyl (C=O) groups is 1. The average Bonchev–Trinajstić information content (AvgIpc) is 2.74. The first kappa shape index (κ1) is 13.8. The molecule has 100 valence electrons. The van der Waals surface area contributed by atoms with Crippen LogP contribution in [0.4, 0.5) is 4.39 Å². The molecule has 1 aromatic heterocycles. The minimum atomic E-state index is -1.44. The predicted octanol–water partition coefficient (Wildman–Crippen LogP) is 2.60. The largest absolute Gasteiger partial charge is 0.478 e. The van der Waals surface area contributed by atoms with Crippen molar-refractivity contribution in [2.45, 2.75) is 17.6 Å². The van der Waals surface area contributed by atoms with Gasteiger partial charge in [-0.2, -0.15) is 0 Å². The van der Waals surface area contributed by atoms with Gasteiger partial charge in [-0.15, -0.1) is 11.3 Å². The topological polar surface area (TPSA) is 67.3 Å². The highest BCUT2D eigenvalue weighted by molar-refractivity contribution is 7.84. The molecule has 2 aromatic rings. The number of nitrogens with zero attached hydrogens (tertiary/aromatic N) is 1. The fraction of sp³-hybridized carbons (Fsp3) is 0.167. The zero-order valence-corrected chi connectivity index (χ0v) is 11.6. The third kappa shape index (κ3) is 3.24. The predicted molar refractivity (Wildman–Crippen MR) is 70.3 cm³/mol. The second kappa shape index (κ2) is 5.58. The zero-order chi connectivity index (χ0) is 14.0. The van der Waals surface area contributed by atoms with Crippen molar-refractivity contribution < 1.29 is 18.5 Å². The Bertz CT molecular complexity index is 654. The Morgan fingerprint density at radius 3 is 2.84 bits per heavy atom. The summed E-state index contributed by atoms with van der Waals surface area (Å²) in [5.41, 5.74) is 0.378. The van der Waals surface area contributed by atoms with Crippen molar-refractivity contribution in [3.63, 3.8) is 0 Å². The van der Waals surface area contributed by atoms with Gasteiger partial charge in [-0.3, -0.25) is 4.21 Å². The lowest BCUT2D eigenvalue weighted by Gasteiger charge is -2.03. The van der Waals surface area contributed by atoms with Gasteiger partial charge in [0, 0.05) is 16.0 Å². The molecule has 1 aromatic carbocycles. The lowest BCUT2D eigenvalue weighted by atomic mass is 10.2. The number of hydrogen-bond acceptors (Lipinski definition) is 4. The molecule has 19 heavy (non-hydrogen) atoms. The van der Waals surface area contributed by atoms with Gasteiger partial charge < -0.3 is 5.11 Å². The van der Waals surface area contributed by atoms with Crippen LogP contribution in [0.2, 0.25) is 0 Å². The highest BCUT2D eigenvalue weighted by Crippen LogP contribution is 2.18.